The Morgan fingerprint density at radius 1 is 1.33 bits per heavy atom. The van der Waals surface area contributed by atoms with Crippen molar-refractivity contribution in [1.82, 2.24) is 20.0 Å². The van der Waals surface area contributed by atoms with E-state index >= 15 is 0 Å². The molecule has 2 rings (SSSR count). The predicted octanol–water partition coefficient (Wildman–Crippen LogP) is 0.244. The van der Waals surface area contributed by atoms with Crippen molar-refractivity contribution in [3.05, 3.63) is 30.9 Å². The van der Waals surface area contributed by atoms with Gasteiger partial charge in [-0.3, -0.25) is 4.98 Å². The number of aromatic nitrogens is 4. The lowest BCUT2D eigenvalue weighted by molar-refractivity contribution is 0.800. The molecule has 0 aliphatic carbocycles. The molecule has 0 aliphatic heterocycles. The van der Waals surface area contributed by atoms with Crippen LogP contribution in [0.15, 0.2) is 30.9 Å². The topological polar surface area (TPSA) is 69.6 Å². The first kappa shape index (κ1) is 6.78. The lowest BCUT2D eigenvalue weighted by Crippen LogP contribution is -1.97. The van der Waals surface area contributed by atoms with Crippen LogP contribution >= 0.6 is 0 Å². The van der Waals surface area contributed by atoms with Gasteiger partial charge in [-0.25, -0.2) is 4.68 Å². The Kier molecular flexibility index (Phi) is 1.48. The molecule has 0 amide bonds. The standard InChI is InChI=1S/C7H7N5/c8-6-3-7(5-9-4-6)12-2-1-10-11-12/h1-5H,8H2. The average Bonchev–Trinajstić information content (AvgIpc) is 2.56. The molecule has 0 aromatic carbocycles. The van der Waals surface area contributed by atoms with Crippen molar-refractivity contribution in [2.75, 3.05) is 5.73 Å². The minimum Gasteiger partial charge on any atom is -0.397 e. The van der Waals surface area contributed by atoms with Gasteiger partial charge in [-0.1, -0.05) is 5.21 Å². The smallest absolute Gasteiger partial charge is 0.0867 e. The molecule has 0 atom stereocenters. The van der Waals surface area contributed by atoms with Gasteiger partial charge in [0.25, 0.3) is 0 Å². The lowest BCUT2D eigenvalue weighted by Gasteiger charge is -1.98. The van der Waals surface area contributed by atoms with Crippen molar-refractivity contribution in [3.8, 4) is 5.69 Å². The highest BCUT2D eigenvalue weighted by atomic mass is 15.4. The second-order valence-corrected chi connectivity index (χ2v) is 2.32. The Balaban J connectivity index is 2.48. The van der Waals surface area contributed by atoms with Crippen LogP contribution < -0.4 is 5.73 Å². The van der Waals surface area contributed by atoms with Gasteiger partial charge in [0.15, 0.2) is 0 Å². The van der Waals surface area contributed by atoms with Crippen molar-refractivity contribution in [2.24, 2.45) is 0 Å². The van der Waals surface area contributed by atoms with E-state index in [4.69, 9.17) is 5.73 Å². The normalized spacial score (nSPS) is 10.0. The van der Waals surface area contributed by atoms with Crippen molar-refractivity contribution < 1.29 is 0 Å². The van der Waals surface area contributed by atoms with Gasteiger partial charge < -0.3 is 5.73 Å². The quantitative estimate of drug-likeness (QED) is 0.650. The molecule has 60 valence electrons. The van der Waals surface area contributed by atoms with Crippen LogP contribution in [0.3, 0.4) is 0 Å². The lowest BCUT2D eigenvalue weighted by atomic mass is 10.4. The Morgan fingerprint density at radius 3 is 2.92 bits per heavy atom. The predicted molar refractivity (Wildman–Crippen MR) is 43.6 cm³/mol. The summed E-state index contributed by atoms with van der Waals surface area (Å²) in [7, 11) is 0. The van der Waals surface area contributed by atoms with Crippen LogP contribution in [0, 0.1) is 0 Å². The van der Waals surface area contributed by atoms with Crippen LogP contribution in [-0.2, 0) is 0 Å². The first-order chi connectivity index (χ1) is 5.86. The molecule has 0 radical (unpaired) electrons. The molecule has 0 fully saturated rings. The minimum atomic E-state index is 0.614. The molecular weight excluding hydrogens is 154 g/mol. The summed E-state index contributed by atoms with van der Waals surface area (Å²) in [4.78, 5) is 3.93. The van der Waals surface area contributed by atoms with E-state index in [0.29, 0.717) is 5.69 Å². The molecule has 0 saturated heterocycles. The summed E-state index contributed by atoms with van der Waals surface area (Å²) >= 11 is 0. The molecule has 2 heterocycles. The number of nitrogen functional groups attached to an aromatic ring is 1. The van der Waals surface area contributed by atoms with Crippen molar-refractivity contribution in [2.45, 2.75) is 0 Å². The van der Waals surface area contributed by atoms with Crippen LogP contribution in [-0.4, -0.2) is 20.0 Å². The molecule has 12 heavy (non-hydrogen) atoms. The van der Waals surface area contributed by atoms with Crippen molar-refractivity contribution >= 4 is 5.69 Å². The molecule has 2 aromatic rings. The van der Waals surface area contributed by atoms with Gasteiger partial charge >= 0.3 is 0 Å². The largest absolute Gasteiger partial charge is 0.397 e. The van der Waals surface area contributed by atoms with E-state index in [9.17, 15) is 0 Å². The van der Waals surface area contributed by atoms with E-state index in [-0.39, 0.29) is 0 Å². The molecule has 2 aromatic heterocycles. The van der Waals surface area contributed by atoms with Gasteiger partial charge in [-0.2, -0.15) is 0 Å². The van der Waals surface area contributed by atoms with Gasteiger partial charge in [0.1, 0.15) is 0 Å². The first-order valence-corrected chi connectivity index (χ1v) is 3.43. The zero-order valence-corrected chi connectivity index (χ0v) is 6.25. The van der Waals surface area contributed by atoms with E-state index in [2.05, 4.69) is 15.3 Å². The van der Waals surface area contributed by atoms with Gasteiger partial charge in [0.2, 0.25) is 0 Å². The zero-order chi connectivity index (χ0) is 8.39. The van der Waals surface area contributed by atoms with E-state index in [1.54, 1.807) is 35.5 Å². The number of nitrogens with zero attached hydrogens (tertiary/aromatic N) is 4. The highest BCUT2D eigenvalue weighted by molar-refractivity contribution is 5.43. The molecule has 0 aliphatic rings. The summed E-state index contributed by atoms with van der Waals surface area (Å²) < 4.78 is 1.60. The number of nitrogens with two attached hydrogens (primary N) is 1. The maximum atomic E-state index is 5.54. The van der Waals surface area contributed by atoms with Crippen LogP contribution in [0.2, 0.25) is 0 Å². The van der Waals surface area contributed by atoms with Gasteiger partial charge in [-0.05, 0) is 6.07 Å². The fraction of sp³-hybridized carbons (Fsp3) is 0. The fourth-order valence-corrected chi connectivity index (χ4v) is 0.916. The van der Waals surface area contributed by atoms with Crippen LogP contribution in [0.4, 0.5) is 5.69 Å². The molecular formula is C7H7N5. The summed E-state index contributed by atoms with van der Waals surface area (Å²) in [5.74, 6) is 0. The van der Waals surface area contributed by atoms with Gasteiger partial charge in [0.05, 0.1) is 30.0 Å². The maximum Gasteiger partial charge on any atom is 0.0867 e. The second kappa shape index (κ2) is 2.61. The van der Waals surface area contributed by atoms with E-state index in [1.165, 1.54) is 0 Å². The van der Waals surface area contributed by atoms with Crippen LogP contribution in [0.25, 0.3) is 5.69 Å². The molecule has 5 nitrogen and oxygen atoms in total. The summed E-state index contributed by atoms with van der Waals surface area (Å²) in [5.41, 5.74) is 6.97. The molecule has 5 heteroatoms. The number of hydrogen-bond acceptors (Lipinski definition) is 4. The second-order valence-electron chi connectivity index (χ2n) is 2.32. The van der Waals surface area contributed by atoms with E-state index in [0.717, 1.165) is 5.69 Å². The summed E-state index contributed by atoms with van der Waals surface area (Å²) in [5, 5.41) is 7.47. The number of rotatable bonds is 1. The van der Waals surface area contributed by atoms with E-state index in [1.807, 2.05) is 0 Å². The highest BCUT2D eigenvalue weighted by Gasteiger charge is 1.96. The highest BCUT2D eigenvalue weighted by Crippen LogP contribution is 2.06. The number of pyridine rings is 1. The Labute approximate surface area is 68.8 Å². The number of hydrogen-bond donors (Lipinski definition) is 1. The third-order valence-corrected chi connectivity index (χ3v) is 1.43. The Bertz CT molecular complexity index is 367. The summed E-state index contributed by atoms with van der Waals surface area (Å²) in [6.07, 6.45) is 6.59. The van der Waals surface area contributed by atoms with Gasteiger partial charge in [-0.15, -0.1) is 5.10 Å². The zero-order valence-electron chi connectivity index (χ0n) is 6.25. The Hall–Kier alpha value is -1.91. The number of anilines is 1. The minimum absolute atomic E-state index is 0.614. The average molecular weight is 161 g/mol. The monoisotopic (exact) mass is 161 g/mol. The molecule has 0 saturated carbocycles. The Morgan fingerprint density at radius 2 is 2.25 bits per heavy atom. The van der Waals surface area contributed by atoms with E-state index < -0.39 is 0 Å². The van der Waals surface area contributed by atoms with Gasteiger partial charge in [0, 0.05) is 6.20 Å². The van der Waals surface area contributed by atoms with Crippen LogP contribution in [0.1, 0.15) is 0 Å². The maximum absolute atomic E-state index is 5.54. The molecule has 0 spiro atoms. The summed E-state index contributed by atoms with van der Waals surface area (Å²) in [6, 6.07) is 1.78. The molecule has 2 N–H and O–H groups in total. The fourth-order valence-electron chi connectivity index (χ4n) is 0.916. The third-order valence-electron chi connectivity index (χ3n) is 1.43. The van der Waals surface area contributed by atoms with Crippen molar-refractivity contribution in [3.63, 3.8) is 0 Å². The first-order valence-electron chi connectivity index (χ1n) is 3.43. The SMILES string of the molecule is Nc1cncc(-n2ccnn2)c1. The summed E-state index contributed by atoms with van der Waals surface area (Å²) in [6.45, 7) is 0. The molecule has 0 bridgehead atoms. The van der Waals surface area contributed by atoms with Crippen molar-refractivity contribution in [1.29, 1.82) is 0 Å². The molecule has 0 unspecified atom stereocenters. The van der Waals surface area contributed by atoms with Crippen LogP contribution in [0.5, 0.6) is 0 Å². The third kappa shape index (κ3) is 1.12.